The van der Waals surface area contributed by atoms with Crippen molar-refractivity contribution in [3.05, 3.63) is 53.3 Å². The summed E-state index contributed by atoms with van der Waals surface area (Å²) in [6.07, 6.45) is 0. The monoisotopic (exact) mass is 282 g/mol. The van der Waals surface area contributed by atoms with Crippen LogP contribution in [0.1, 0.15) is 10.4 Å². The van der Waals surface area contributed by atoms with Gasteiger partial charge in [0.05, 0.1) is 12.7 Å². The lowest BCUT2D eigenvalue weighted by atomic mass is 9.98. The van der Waals surface area contributed by atoms with Crippen molar-refractivity contribution in [1.29, 1.82) is 0 Å². The summed E-state index contributed by atoms with van der Waals surface area (Å²) in [5.74, 6) is -4.79. The van der Waals surface area contributed by atoms with Gasteiger partial charge in [0.15, 0.2) is 0 Å². The second-order valence-corrected chi connectivity index (χ2v) is 3.93. The molecule has 2 rings (SSSR count). The maximum atomic E-state index is 13.9. The number of carboxylic acids is 1. The molecular formula is C14H9F3O3. The minimum atomic E-state index is -1.60. The van der Waals surface area contributed by atoms with E-state index >= 15 is 0 Å². The summed E-state index contributed by atoms with van der Waals surface area (Å²) in [4.78, 5) is 11.1. The van der Waals surface area contributed by atoms with Gasteiger partial charge in [0.25, 0.3) is 0 Å². The van der Waals surface area contributed by atoms with Gasteiger partial charge in [-0.3, -0.25) is 0 Å². The zero-order chi connectivity index (χ0) is 14.9. The van der Waals surface area contributed by atoms with E-state index in [1.54, 1.807) is 0 Å². The molecule has 104 valence electrons. The Morgan fingerprint density at radius 3 is 2.20 bits per heavy atom. The maximum Gasteiger partial charge on any atom is 0.339 e. The second kappa shape index (κ2) is 5.24. The molecule has 0 saturated heterocycles. The fourth-order valence-corrected chi connectivity index (χ4v) is 1.87. The average molecular weight is 282 g/mol. The lowest BCUT2D eigenvalue weighted by Crippen LogP contribution is -2.05. The van der Waals surface area contributed by atoms with E-state index in [-0.39, 0.29) is 11.3 Å². The number of benzene rings is 2. The normalized spacial score (nSPS) is 10.4. The van der Waals surface area contributed by atoms with Crippen LogP contribution in [0.15, 0.2) is 30.3 Å². The van der Waals surface area contributed by atoms with Gasteiger partial charge in [-0.2, -0.15) is 0 Å². The Morgan fingerprint density at radius 1 is 1.10 bits per heavy atom. The number of hydrogen-bond acceptors (Lipinski definition) is 2. The molecule has 0 spiro atoms. The molecule has 0 bridgehead atoms. The van der Waals surface area contributed by atoms with Crippen molar-refractivity contribution in [3.63, 3.8) is 0 Å². The first-order chi connectivity index (χ1) is 9.45. The molecule has 0 unspecified atom stereocenters. The largest absolute Gasteiger partial charge is 0.497 e. The van der Waals surface area contributed by atoms with Crippen LogP contribution in [0.3, 0.4) is 0 Å². The molecule has 2 aromatic rings. The smallest absolute Gasteiger partial charge is 0.339 e. The van der Waals surface area contributed by atoms with Crippen molar-refractivity contribution < 1.29 is 27.8 Å². The second-order valence-electron chi connectivity index (χ2n) is 3.93. The fraction of sp³-hybridized carbons (Fsp3) is 0.0714. The molecule has 6 heteroatoms. The predicted molar refractivity (Wildman–Crippen MR) is 65.3 cm³/mol. The molecule has 0 fully saturated rings. The first-order valence-corrected chi connectivity index (χ1v) is 5.51. The molecule has 0 aliphatic carbocycles. The van der Waals surface area contributed by atoms with Crippen LogP contribution >= 0.6 is 0 Å². The molecular weight excluding hydrogens is 273 g/mol. The Balaban J connectivity index is 2.76. The van der Waals surface area contributed by atoms with E-state index in [2.05, 4.69) is 0 Å². The highest BCUT2D eigenvalue weighted by Gasteiger charge is 2.22. The molecule has 3 nitrogen and oxygen atoms in total. The first-order valence-electron chi connectivity index (χ1n) is 5.51. The fourth-order valence-electron chi connectivity index (χ4n) is 1.87. The first kappa shape index (κ1) is 13.9. The quantitative estimate of drug-likeness (QED) is 0.937. The van der Waals surface area contributed by atoms with Gasteiger partial charge in [-0.25, -0.2) is 18.0 Å². The lowest BCUT2D eigenvalue weighted by molar-refractivity contribution is 0.0693. The van der Waals surface area contributed by atoms with E-state index in [0.717, 1.165) is 24.3 Å². The van der Waals surface area contributed by atoms with Crippen LogP contribution in [0.5, 0.6) is 5.75 Å². The Kier molecular flexibility index (Phi) is 3.65. The average Bonchev–Trinajstić information content (AvgIpc) is 2.37. The third-order valence-corrected chi connectivity index (χ3v) is 2.75. The lowest BCUT2D eigenvalue weighted by Gasteiger charge is -2.11. The van der Waals surface area contributed by atoms with Crippen molar-refractivity contribution >= 4 is 5.97 Å². The van der Waals surface area contributed by atoms with Gasteiger partial charge < -0.3 is 9.84 Å². The summed E-state index contributed by atoms with van der Waals surface area (Å²) < 4.78 is 46.1. The van der Waals surface area contributed by atoms with E-state index < -0.39 is 34.5 Å². The van der Waals surface area contributed by atoms with Crippen LogP contribution in [0.4, 0.5) is 13.2 Å². The molecule has 0 aliphatic heterocycles. The molecule has 20 heavy (non-hydrogen) atoms. The molecule has 0 heterocycles. The van der Waals surface area contributed by atoms with Gasteiger partial charge >= 0.3 is 5.97 Å². The molecule has 0 aliphatic rings. The van der Waals surface area contributed by atoms with Crippen LogP contribution in [-0.4, -0.2) is 18.2 Å². The van der Waals surface area contributed by atoms with Gasteiger partial charge in [0.1, 0.15) is 28.8 Å². The number of carbonyl (C=O) groups is 1. The minimum absolute atomic E-state index is 0.0583. The third kappa shape index (κ3) is 2.32. The Morgan fingerprint density at radius 2 is 1.70 bits per heavy atom. The van der Waals surface area contributed by atoms with Crippen molar-refractivity contribution in [3.8, 4) is 16.9 Å². The predicted octanol–water partition coefficient (Wildman–Crippen LogP) is 3.48. The Labute approximate surface area is 112 Å². The molecule has 0 amide bonds. The highest BCUT2D eigenvalue weighted by atomic mass is 19.1. The summed E-state index contributed by atoms with van der Waals surface area (Å²) in [6.45, 7) is 0. The number of halogens is 3. The number of hydrogen-bond donors (Lipinski definition) is 1. The van der Waals surface area contributed by atoms with Crippen molar-refractivity contribution in [2.45, 2.75) is 0 Å². The van der Waals surface area contributed by atoms with E-state index in [0.29, 0.717) is 0 Å². The summed E-state index contributed by atoms with van der Waals surface area (Å²) in [7, 11) is 1.23. The van der Waals surface area contributed by atoms with Gasteiger partial charge in [-0.1, -0.05) is 12.1 Å². The SMILES string of the molecule is COc1cc(F)c(-c2cccc(F)c2C(=O)O)c(F)c1. The number of aromatic carboxylic acids is 1. The summed E-state index contributed by atoms with van der Waals surface area (Å²) >= 11 is 0. The highest BCUT2D eigenvalue weighted by molar-refractivity contribution is 5.96. The van der Waals surface area contributed by atoms with Crippen molar-refractivity contribution in [2.75, 3.05) is 7.11 Å². The minimum Gasteiger partial charge on any atom is -0.497 e. The van der Waals surface area contributed by atoms with Crippen LogP contribution in [0.25, 0.3) is 11.1 Å². The molecule has 0 saturated carbocycles. The number of carboxylic acid groups (broad SMARTS) is 1. The summed E-state index contributed by atoms with van der Waals surface area (Å²) in [5, 5.41) is 8.98. The van der Waals surface area contributed by atoms with Crippen molar-refractivity contribution in [2.24, 2.45) is 0 Å². The molecule has 1 N–H and O–H groups in total. The van der Waals surface area contributed by atoms with Gasteiger partial charge in [-0.05, 0) is 6.07 Å². The van der Waals surface area contributed by atoms with E-state index in [1.165, 1.54) is 13.2 Å². The van der Waals surface area contributed by atoms with Crippen LogP contribution in [0, 0.1) is 17.5 Å². The van der Waals surface area contributed by atoms with Crippen LogP contribution < -0.4 is 4.74 Å². The van der Waals surface area contributed by atoms with Gasteiger partial charge in [-0.15, -0.1) is 0 Å². The van der Waals surface area contributed by atoms with E-state index in [4.69, 9.17) is 9.84 Å². The molecule has 2 aromatic carbocycles. The maximum absolute atomic E-state index is 13.9. The zero-order valence-electron chi connectivity index (χ0n) is 10.3. The van der Waals surface area contributed by atoms with Gasteiger partial charge in [0, 0.05) is 17.7 Å². The zero-order valence-corrected chi connectivity index (χ0v) is 10.3. The Hall–Kier alpha value is -2.50. The molecule has 0 atom stereocenters. The Bertz CT molecular complexity index is 660. The van der Waals surface area contributed by atoms with Crippen LogP contribution in [0.2, 0.25) is 0 Å². The highest BCUT2D eigenvalue weighted by Crippen LogP contribution is 2.33. The number of methoxy groups -OCH3 is 1. The van der Waals surface area contributed by atoms with Gasteiger partial charge in [0.2, 0.25) is 0 Å². The summed E-state index contributed by atoms with van der Waals surface area (Å²) in [5.41, 5.74) is -1.76. The molecule has 0 radical (unpaired) electrons. The summed E-state index contributed by atoms with van der Waals surface area (Å²) in [6, 6.07) is 5.02. The van der Waals surface area contributed by atoms with Crippen LogP contribution in [-0.2, 0) is 0 Å². The third-order valence-electron chi connectivity index (χ3n) is 2.75. The molecule has 0 aromatic heterocycles. The van der Waals surface area contributed by atoms with E-state index in [9.17, 15) is 18.0 Å². The standard InChI is InChI=1S/C14H9F3O3/c1-20-7-5-10(16)12(11(17)6-7)8-3-2-4-9(15)13(8)14(18)19/h2-6H,1H3,(H,18,19). The number of ether oxygens (including phenoxy) is 1. The van der Waals surface area contributed by atoms with E-state index in [1.807, 2.05) is 0 Å². The topological polar surface area (TPSA) is 46.5 Å². The number of rotatable bonds is 3. The van der Waals surface area contributed by atoms with Crippen molar-refractivity contribution in [1.82, 2.24) is 0 Å².